The maximum atomic E-state index is 13.8. The van der Waals surface area contributed by atoms with Crippen LogP contribution in [0.15, 0.2) is 66.9 Å². The highest BCUT2D eigenvalue weighted by atomic mass is 19.4. The van der Waals surface area contributed by atoms with Gasteiger partial charge in [0, 0.05) is 12.2 Å². The largest absolute Gasteiger partial charge is 0.433 e. The molecule has 0 spiro atoms. The van der Waals surface area contributed by atoms with Gasteiger partial charge in [0.1, 0.15) is 17.6 Å². The van der Waals surface area contributed by atoms with Crippen LogP contribution in [0.4, 0.5) is 17.6 Å². The quantitative estimate of drug-likeness (QED) is 0.478. The number of carbonyl (C=O) groups excluding carboxylic acids is 1. The zero-order chi connectivity index (χ0) is 23.3. The lowest BCUT2D eigenvalue weighted by atomic mass is 9.95. The Bertz CT molecular complexity index is 1050. The number of hydrogen-bond donors (Lipinski definition) is 2. The van der Waals surface area contributed by atoms with E-state index in [-0.39, 0.29) is 5.82 Å². The molecule has 168 valence electrons. The number of rotatable bonds is 8. The Labute approximate surface area is 183 Å². The van der Waals surface area contributed by atoms with Crippen LogP contribution < -0.4 is 11.1 Å². The molecule has 1 aromatic heterocycles. The summed E-state index contributed by atoms with van der Waals surface area (Å²) in [5, 5.41) is 3.24. The molecule has 1 heterocycles. The number of halogens is 4. The van der Waals surface area contributed by atoms with Crippen LogP contribution in [-0.2, 0) is 17.4 Å². The van der Waals surface area contributed by atoms with E-state index in [1.54, 1.807) is 43.3 Å². The van der Waals surface area contributed by atoms with E-state index in [0.717, 1.165) is 11.6 Å². The molecule has 0 saturated heterocycles. The van der Waals surface area contributed by atoms with Gasteiger partial charge in [0.15, 0.2) is 0 Å². The van der Waals surface area contributed by atoms with Crippen molar-refractivity contribution in [3.8, 4) is 0 Å². The van der Waals surface area contributed by atoms with Gasteiger partial charge in [0.2, 0.25) is 5.91 Å². The molecular weight excluding hydrogens is 422 g/mol. The van der Waals surface area contributed by atoms with E-state index in [2.05, 4.69) is 10.3 Å². The monoisotopic (exact) mass is 445 g/mol. The lowest BCUT2D eigenvalue weighted by molar-refractivity contribution is -0.141. The molecule has 0 saturated carbocycles. The third kappa shape index (κ3) is 5.91. The molecule has 0 bridgehead atoms. The van der Waals surface area contributed by atoms with E-state index >= 15 is 0 Å². The number of amides is 1. The maximum Gasteiger partial charge on any atom is 0.433 e. The Morgan fingerprint density at radius 3 is 2.34 bits per heavy atom. The van der Waals surface area contributed by atoms with Crippen LogP contribution in [0.3, 0.4) is 0 Å². The van der Waals surface area contributed by atoms with E-state index in [1.807, 2.05) is 6.07 Å². The van der Waals surface area contributed by atoms with E-state index in [0.29, 0.717) is 29.5 Å². The van der Waals surface area contributed by atoms with Gasteiger partial charge in [-0.2, -0.15) is 13.2 Å². The van der Waals surface area contributed by atoms with Crippen molar-refractivity contribution in [3.63, 3.8) is 0 Å². The molecule has 0 radical (unpaired) electrons. The first-order valence-corrected chi connectivity index (χ1v) is 10.0. The minimum atomic E-state index is -4.50. The standard InChI is InChI=1S/C24H23F4N3O/c1-15-13-18(9-10-19(15)25)20(31-22(23(29)32)17-5-3-2-4-6-17)11-7-16-8-12-21(30-14-16)24(26,27)28/h2-6,8-10,12-14,20,22,31H,7,11H2,1H3,(H2,29,32). The Balaban J connectivity index is 1.85. The van der Waals surface area contributed by atoms with E-state index in [1.165, 1.54) is 18.3 Å². The van der Waals surface area contributed by atoms with Crippen molar-refractivity contribution in [2.45, 2.75) is 38.0 Å². The number of hydrogen-bond acceptors (Lipinski definition) is 3. The highest BCUT2D eigenvalue weighted by Gasteiger charge is 2.32. The summed E-state index contributed by atoms with van der Waals surface area (Å²) in [6, 6.07) is 14.7. The van der Waals surface area contributed by atoms with Crippen molar-refractivity contribution in [1.82, 2.24) is 10.3 Å². The predicted octanol–water partition coefficient (Wildman–Crippen LogP) is 5.04. The summed E-state index contributed by atoms with van der Waals surface area (Å²) in [6.45, 7) is 1.64. The highest BCUT2D eigenvalue weighted by molar-refractivity contribution is 5.81. The number of benzene rings is 2. The first-order chi connectivity index (χ1) is 15.1. The molecule has 4 nitrogen and oxygen atoms in total. The number of carbonyl (C=O) groups is 1. The van der Waals surface area contributed by atoms with Crippen LogP contribution in [0.25, 0.3) is 0 Å². The van der Waals surface area contributed by atoms with Gasteiger partial charge in [-0.1, -0.05) is 48.5 Å². The number of pyridine rings is 1. The molecule has 2 atom stereocenters. The fourth-order valence-electron chi connectivity index (χ4n) is 3.47. The van der Waals surface area contributed by atoms with Gasteiger partial charge < -0.3 is 5.73 Å². The number of nitrogens with two attached hydrogens (primary N) is 1. The third-order valence-electron chi connectivity index (χ3n) is 5.21. The second-order valence-electron chi connectivity index (χ2n) is 7.56. The summed E-state index contributed by atoms with van der Waals surface area (Å²) in [5.41, 5.74) is 7.16. The highest BCUT2D eigenvalue weighted by Crippen LogP contribution is 2.29. The summed E-state index contributed by atoms with van der Waals surface area (Å²) in [7, 11) is 0. The van der Waals surface area contributed by atoms with Crippen molar-refractivity contribution in [3.05, 3.63) is 101 Å². The Morgan fingerprint density at radius 2 is 1.78 bits per heavy atom. The molecule has 0 fully saturated rings. The van der Waals surface area contributed by atoms with Crippen molar-refractivity contribution >= 4 is 5.91 Å². The minimum absolute atomic E-state index is 0.353. The van der Waals surface area contributed by atoms with Crippen LogP contribution in [0.5, 0.6) is 0 Å². The number of nitrogens with zero attached hydrogens (tertiary/aromatic N) is 1. The SMILES string of the molecule is Cc1cc(C(CCc2ccc(C(F)(F)F)nc2)NC(C(N)=O)c2ccccc2)ccc1F. The number of aromatic nitrogens is 1. The minimum Gasteiger partial charge on any atom is -0.368 e. The molecule has 2 unspecified atom stereocenters. The summed E-state index contributed by atoms with van der Waals surface area (Å²) in [4.78, 5) is 15.7. The average molecular weight is 445 g/mol. The Hall–Kier alpha value is -3.26. The fraction of sp³-hybridized carbons (Fsp3) is 0.250. The topological polar surface area (TPSA) is 68.0 Å². The zero-order valence-electron chi connectivity index (χ0n) is 17.4. The third-order valence-corrected chi connectivity index (χ3v) is 5.21. The summed E-state index contributed by atoms with van der Waals surface area (Å²) in [6.07, 6.45) is -2.49. The van der Waals surface area contributed by atoms with Gasteiger partial charge in [-0.25, -0.2) is 4.39 Å². The van der Waals surface area contributed by atoms with E-state index < -0.39 is 29.9 Å². The van der Waals surface area contributed by atoms with Crippen LogP contribution in [-0.4, -0.2) is 10.9 Å². The molecular formula is C24H23F4N3O. The smallest absolute Gasteiger partial charge is 0.368 e. The maximum absolute atomic E-state index is 13.8. The number of nitrogens with one attached hydrogen (secondary N) is 1. The van der Waals surface area contributed by atoms with Crippen molar-refractivity contribution in [2.24, 2.45) is 5.73 Å². The summed E-state index contributed by atoms with van der Waals surface area (Å²) < 4.78 is 52.1. The molecule has 3 aromatic rings. The molecule has 3 rings (SSSR count). The Morgan fingerprint density at radius 1 is 1.06 bits per heavy atom. The lowest BCUT2D eigenvalue weighted by Crippen LogP contribution is -2.36. The molecule has 0 aliphatic rings. The van der Waals surface area contributed by atoms with Crippen LogP contribution >= 0.6 is 0 Å². The van der Waals surface area contributed by atoms with Crippen molar-refractivity contribution in [2.75, 3.05) is 0 Å². The first-order valence-electron chi connectivity index (χ1n) is 10.0. The molecule has 0 aliphatic carbocycles. The average Bonchev–Trinajstić information content (AvgIpc) is 2.76. The molecule has 1 amide bonds. The van der Waals surface area contributed by atoms with Gasteiger partial charge in [0.05, 0.1) is 0 Å². The van der Waals surface area contributed by atoms with Gasteiger partial charge in [-0.05, 0) is 54.2 Å². The van der Waals surface area contributed by atoms with E-state index in [4.69, 9.17) is 5.73 Å². The molecule has 0 aliphatic heterocycles. The Kier molecular flexibility index (Phi) is 7.25. The summed E-state index contributed by atoms with van der Waals surface area (Å²) in [5.74, 6) is -0.926. The molecule has 32 heavy (non-hydrogen) atoms. The predicted molar refractivity (Wildman–Crippen MR) is 113 cm³/mol. The number of alkyl halides is 3. The summed E-state index contributed by atoms with van der Waals surface area (Å²) >= 11 is 0. The van der Waals surface area contributed by atoms with Crippen LogP contribution in [0.1, 0.15) is 46.5 Å². The van der Waals surface area contributed by atoms with Gasteiger partial charge in [-0.15, -0.1) is 0 Å². The zero-order valence-corrected chi connectivity index (χ0v) is 17.4. The van der Waals surface area contributed by atoms with Crippen LogP contribution in [0.2, 0.25) is 0 Å². The van der Waals surface area contributed by atoms with Crippen molar-refractivity contribution in [1.29, 1.82) is 0 Å². The van der Waals surface area contributed by atoms with Crippen LogP contribution in [0, 0.1) is 12.7 Å². The lowest BCUT2D eigenvalue weighted by Gasteiger charge is -2.25. The molecule has 3 N–H and O–H groups in total. The molecule has 8 heteroatoms. The fourth-order valence-corrected chi connectivity index (χ4v) is 3.47. The normalized spacial score (nSPS) is 13.5. The van der Waals surface area contributed by atoms with Gasteiger partial charge in [0.25, 0.3) is 0 Å². The van der Waals surface area contributed by atoms with Gasteiger partial charge >= 0.3 is 6.18 Å². The second-order valence-corrected chi connectivity index (χ2v) is 7.56. The van der Waals surface area contributed by atoms with Crippen molar-refractivity contribution < 1.29 is 22.4 Å². The van der Waals surface area contributed by atoms with Gasteiger partial charge in [-0.3, -0.25) is 15.1 Å². The number of aryl methyl sites for hydroxylation is 2. The van der Waals surface area contributed by atoms with E-state index in [9.17, 15) is 22.4 Å². The first kappa shape index (κ1) is 23.4. The number of primary amides is 1. The molecule has 2 aromatic carbocycles. The second kappa shape index (κ2) is 9.91.